The van der Waals surface area contributed by atoms with Gasteiger partial charge in [-0.2, -0.15) is 0 Å². The summed E-state index contributed by atoms with van der Waals surface area (Å²) < 4.78 is 10.8. The van der Waals surface area contributed by atoms with Gasteiger partial charge in [-0.25, -0.2) is 0 Å². The van der Waals surface area contributed by atoms with Crippen LogP contribution in [0.1, 0.15) is 37.8 Å². The van der Waals surface area contributed by atoms with Gasteiger partial charge in [-0.15, -0.1) is 0 Å². The SMILES string of the molecule is Cc1cc(OCC2CO2)ccc1C(C)C(C)(C)N. The number of hydrogen-bond donors (Lipinski definition) is 1. The van der Waals surface area contributed by atoms with Gasteiger partial charge >= 0.3 is 0 Å². The Bertz CT molecular complexity index is 419. The summed E-state index contributed by atoms with van der Waals surface area (Å²) >= 11 is 0. The minimum absolute atomic E-state index is 0.213. The van der Waals surface area contributed by atoms with Crippen molar-refractivity contribution in [2.75, 3.05) is 13.2 Å². The predicted octanol–water partition coefficient (Wildman–Crippen LogP) is 2.61. The maximum atomic E-state index is 6.18. The van der Waals surface area contributed by atoms with Crippen molar-refractivity contribution in [1.82, 2.24) is 0 Å². The Morgan fingerprint density at radius 1 is 1.50 bits per heavy atom. The molecule has 0 bridgehead atoms. The second kappa shape index (κ2) is 4.90. The molecular formula is C15H23NO2. The van der Waals surface area contributed by atoms with Gasteiger partial charge in [0, 0.05) is 5.54 Å². The summed E-state index contributed by atoms with van der Waals surface area (Å²) in [6.45, 7) is 9.88. The van der Waals surface area contributed by atoms with Crippen LogP contribution in [0, 0.1) is 6.92 Å². The van der Waals surface area contributed by atoms with Crippen LogP contribution in [0.5, 0.6) is 5.75 Å². The Labute approximate surface area is 109 Å². The van der Waals surface area contributed by atoms with Crippen molar-refractivity contribution in [2.24, 2.45) is 5.73 Å². The third kappa shape index (κ3) is 3.24. The largest absolute Gasteiger partial charge is 0.491 e. The van der Waals surface area contributed by atoms with Crippen LogP contribution in [0.15, 0.2) is 18.2 Å². The molecule has 2 atom stereocenters. The number of hydrogen-bond acceptors (Lipinski definition) is 3. The zero-order valence-corrected chi connectivity index (χ0v) is 11.7. The van der Waals surface area contributed by atoms with Gasteiger partial charge in [-0.05, 0) is 49.9 Å². The Morgan fingerprint density at radius 2 is 2.17 bits per heavy atom. The van der Waals surface area contributed by atoms with E-state index < -0.39 is 0 Å². The van der Waals surface area contributed by atoms with E-state index in [9.17, 15) is 0 Å². The molecule has 3 nitrogen and oxygen atoms in total. The third-order valence-electron chi connectivity index (χ3n) is 3.66. The topological polar surface area (TPSA) is 47.8 Å². The first kappa shape index (κ1) is 13.4. The fourth-order valence-electron chi connectivity index (χ4n) is 1.98. The molecule has 0 spiro atoms. The molecule has 1 saturated heterocycles. The van der Waals surface area contributed by atoms with Crippen molar-refractivity contribution in [1.29, 1.82) is 0 Å². The lowest BCUT2D eigenvalue weighted by Gasteiger charge is -2.29. The van der Waals surface area contributed by atoms with E-state index in [2.05, 4.69) is 39.8 Å². The number of epoxide rings is 1. The van der Waals surface area contributed by atoms with Gasteiger partial charge in [0.25, 0.3) is 0 Å². The molecule has 1 heterocycles. The lowest BCUT2D eigenvalue weighted by Crippen LogP contribution is -2.38. The van der Waals surface area contributed by atoms with E-state index in [-0.39, 0.29) is 5.54 Å². The molecule has 2 N–H and O–H groups in total. The molecule has 18 heavy (non-hydrogen) atoms. The van der Waals surface area contributed by atoms with Crippen LogP contribution in [-0.4, -0.2) is 24.9 Å². The van der Waals surface area contributed by atoms with Crippen molar-refractivity contribution in [3.05, 3.63) is 29.3 Å². The van der Waals surface area contributed by atoms with Crippen molar-refractivity contribution in [3.8, 4) is 5.75 Å². The normalized spacial score (nSPS) is 20.6. The lowest BCUT2D eigenvalue weighted by molar-refractivity contribution is 0.263. The second-order valence-corrected chi connectivity index (χ2v) is 5.83. The predicted molar refractivity (Wildman–Crippen MR) is 73.1 cm³/mol. The van der Waals surface area contributed by atoms with Gasteiger partial charge < -0.3 is 15.2 Å². The number of ether oxygens (including phenoxy) is 2. The summed E-state index contributed by atoms with van der Waals surface area (Å²) in [5, 5.41) is 0. The Morgan fingerprint density at radius 3 is 2.67 bits per heavy atom. The van der Waals surface area contributed by atoms with Gasteiger partial charge in [-0.1, -0.05) is 13.0 Å². The molecule has 0 saturated carbocycles. The quantitative estimate of drug-likeness (QED) is 0.816. The number of benzene rings is 1. The summed E-state index contributed by atoms with van der Waals surface area (Å²) in [4.78, 5) is 0. The number of aryl methyl sites for hydroxylation is 1. The van der Waals surface area contributed by atoms with Crippen molar-refractivity contribution in [2.45, 2.75) is 45.3 Å². The van der Waals surface area contributed by atoms with Crippen molar-refractivity contribution >= 4 is 0 Å². The van der Waals surface area contributed by atoms with E-state index >= 15 is 0 Å². The highest BCUT2D eigenvalue weighted by Crippen LogP contribution is 2.30. The molecule has 1 aliphatic heterocycles. The number of nitrogens with two attached hydrogens (primary N) is 1. The van der Waals surface area contributed by atoms with Gasteiger partial charge in [-0.3, -0.25) is 0 Å². The fraction of sp³-hybridized carbons (Fsp3) is 0.600. The second-order valence-electron chi connectivity index (χ2n) is 5.83. The van der Waals surface area contributed by atoms with Crippen LogP contribution in [0.4, 0.5) is 0 Å². The highest BCUT2D eigenvalue weighted by molar-refractivity contribution is 5.38. The average Bonchev–Trinajstić information content (AvgIpc) is 3.08. The van der Waals surface area contributed by atoms with E-state index in [1.165, 1.54) is 11.1 Å². The smallest absolute Gasteiger partial charge is 0.119 e. The molecule has 0 radical (unpaired) electrons. The molecule has 3 heteroatoms. The Balaban J connectivity index is 2.08. The maximum Gasteiger partial charge on any atom is 0.119 e. The first-order chi connectivity index (χ1) is 8.38. The molecule has 2 rings (SSSR count). The van der Waals surface area contributed by atoms with Crippen LogP contribution >= 0.6 is 0 Å². The highest BCUT2D eigenvalue weighted by Gasteiger charge is 2.25. The molecule has 100 valence electrons. The van der Waals surface area contributed by atoms with Gasteiger partial charge in [0.1, 0.15) is 18.5 Å². The standard InChI is InChI=1S/C15H23NO2/c1-10-7-12(17-8-13-9-18-13)5-6-14(10)11(2)15(3,4)16/h5-7,11,13H,8-9,16H2,1-4H3. The first-order valence-electron chi connectivity index (χ1n) is 6.52. The first-order valence-corrected chi connectivity index (χ1v) is 6.52. The Kier molecular flexibility index (Phi) is 3.64. The molecule has 1 aromatic rings. The zero-order valence-electron chi connectivity index (χ0n) is 11.7. The summed E-state index contributed by atoms with van der Waals surface area (Å²) in [7, 11) is 0. The molecule has 0 amide bonds. The summed E-state index contributed by atoms with van der Waals surface area (Å²) in [5.41, 5.74) is 8.48. The van der Waals surface area contributed by atoms with Crippen LogP contribution in [0.2, 0.25) is 0 Å². The molecule has 1 fully saturated rings. The van der Waals surface area contributed by atoms with Gasteiger partial charge in [0.05, 0.1) is 6.61 Å². The van der Waals surface area contributed by atoms with Gasteiger partial charge in [0.2, 0.25) is 0 Å². The summed E-state index contributed by atoms with van der Waals surface area (Å²) in [6, 6.07) is 6.23. The molecular weight excluding hydrogens is 226 g/mol. The maximum absolute atomic E-state index is 6.18. The van der Waals surface area contributed by atoms with E-state index in [4.69, 9.17) is 15.2 Å². The lowest BCUT2D eigenvalue weighted by atomic mass is 9.82. The minimum atomic E-state index is -0.213. The Hall–Kier alpha value is -1.06. The summed E-state index contributed by atoms with van der Waals surface area (Å²) in [6.07, 6.45) is 0.298. The van der Waals surface area contributed by atoms with E-state index in [1.807, 2.05) is 6.07 Å². The monoisotopic (exact) mass is 249 g/mol. The van der Waals surface area contributed by atoms with E-state index in [1.54, 1.807) is 0 Å². The average molecular weight is 249 g/mol. The van der Waals surface area contributed by atoms with E-state index in [0.29, 0.717) is 18.6 Å². The highest BCUT2D eigenvalue weighted by atomic mass is 16.6. The molecule has 0 aromatic heterocycles. The summed E-state index contributed by atoms with van der Waals surface area (Å²) in [5.74, 6) is 1.23. The van der Waals surface area contributed by atoms with Crippen LogP contribution < -0.4 is 10.5 Å². The van der Waals surface area contributed by atoms with Crippen molar-refractivity contribution < 1.29 is 9.47 Å². The van der Waals surface area contributed by atoms with E-state index in [0.717, 1.165) is 12.4 Å². The van der Waals surface area contributed by atoms with Crippen LogP contribution in [0.3, 0.4) is 0 Å². The van der Waals surface area contributed by atoms with Crippen molar-refractivity contribution in [3.63, 3.8) is 0 Å². The fourth-order valence-corrected chi connectivity index (χ4v) is 1.98. The van der Waals surface area contributed by atoms with Crippen LogP contribution in [0.25, 0.3) is 0 Å². The third-order valence-corrected chi connectivity index (χ3v) is 3.66. The molecule has 2 unspecified atom stereocenters. The molecule has 1 aliphatic rings. The zero-order chi connectivity index (χ0) is 13.3. The number of rotatable bonds is 5. The minimum Gasteiger partial charge on any atom is -0.491 e. The van der Waals surface area contributed by atoms with Crippen LogP contribution in [-0.2, 0) is 4.74 Å². The van der Waals surface area contributed by atoms with Gasteiger partial charge in [0.15, 0.2) is 0 Å². The molecule has 1 aromatic carbocycles. The molecule has 0 aliphatic carbocycles.